The maximum absolute atomic E-state index is 12.9. The summed E-state index contributed by atoms with van der Waals surface area (Å²) in [6.07, 6.45) is 4.79. The fourth-order valence-electron chi connectivity index (χ4n) is 3.91. The molecule has 0 bridgehead atoms. The number of hydrogen-bond acceptors (Lipinski definition) is 5. The average molecular weight is 421 g/mol. The van der Waals surface area contributed by atoms with E-state index in [4.69, 9.17) is 9.47 Å². The molecule has 2 aliphatic rings. The van der Waals surface area contributed by atoms with Gasteiger partial charge in [-0.3, -0.25) is 9.59 Å². The zero-order chi connectivity index (χ0) is 21.0. The van der Waals surface area contributed by atoms with Crippen molar-refractivity contribution in [2.45, 2.75) is 49.7 Å². The van der Waals surface area contributed by atoms with Gasteiger partial charge in [0.05, 0.1) is 19.5 Å². The molecule has 0 aromatic heterocycles. The molecular weight excluding hydrogens is 388 g/mol. The molecular formula is C22H32N2O4S. The highest BCUT2D eigenvalue weighted by molar-refractivity contribution is 8.01. The third-order valence-electron chi connectivity index (χ3n) is 5.92. The van der Waals surface area contributed by atoms with Crippen LogP contribution in [0.4, 0.5) is 0 Å². The highest BCUT2D eigenvalue weighted by atomic mass is 32.2. The van der Waals surface area contributed by atoms with Crippen molar-refractivity contribution in [1.82, 2.24) is 9.80 Å². The lowest BCUT2D eigenvalue weighted by atomic mass is 9.84. The van der Waals surface area contributed by atoms with Gasteiger partial charge in [-0.2, -0.15) is 0 Å². The van der Waals surface area contributed by atoms with Crippen LogP contribution in [-0.2, 0) is 9.59 Å². The molecule has 1 saturated heterocycles. The van der Waals surface area contributed by atoms with Crippen molar-refractivity contribution in [3.8, 4) is 11.5 Å². The Labute approximate surface area is 177 Å². The summed E-state index contributed by atoms with van der Waals surface area (Å²) in [5, 5.41) is -0.0673. The van der Waals surface area contributed by atoms with Crippen LogP contribution in [0.2, 0.25) is 0 Å². The second kappa shape index (κ2) is 9.74. The van der Waals surface area contributed by atoms with Gasteiger partial charge >= 0.3 is 0 Å². The molecule has 160 valence electrons. The Morgan fingerprint density at radius 2 is 1.97 bits per heavy atom. The van der Waals surface area contributed by atoms with Crippen LogP contribution in [0.15, 0.2) is 18.2 Å². The maximum Gasteiger partial charge on any atom is 0.236 e. The van der Waals surface area contributed by atoms with Crippen molar-refractivity contribution in [3.63, 3.8) is 0 Å². The van der Waals surface area contributed by atoms with E-state index in [-0.39, 0.29) is 28.4 Å². The summed E-state index contributed by atoms with van der Waals surface area (Å²) in [6, 6.07) is 5.85. The summed E-state index contributed by atoms with van der Waals surface area (Å²) in [7, 11) is 5.12. The molecule has 0 radical (unpaired) electrons. The molecule has 2 atom stereocenters. The third kappa shape index (κ3) is 4.65. The summed E-state index contributed by atoms with van der Waals surface area (Å²) in [5.74, 6) is 2.00. The highest BCUT2D eigenvalue weighted by Gasteiger charge is 2.40. The molecule has 6 nitrogen and oxygen atoms in total. The predicted molar refractivity (Wildman–Crippen MR) is 115 cm³/mol. The van der Waals surface area contributed by atoms with Crippen LogP contribution in [-0.4, -0.2) is 61.2 Å². The van der Waals surface area contributed by atoms with Crippen LogP contribution >= 0.6 is 11.8 Å². The second-order valence-corrected chi connectivity index (χ2v) is 9.06. The molecule has 7 heteroatoms. The molecule has 3 rings (SSSR count). The number of thioether (sulfide) groups is 1. The number of nitrogens with zero attached hydrogens (tertiary/aromatic N) is 2. The Kier molecular flexibility index (Phi) is 7.33. The number of amides is 2. The Hall–Kier alpha value is -1.89. The van der Waals surface area contributed by atoms with Crippen LogP contribution in [0.25, 0.3) is 0 Å². The molecule has 1 aliphatic heterocycles. The molecule has 1 aromatic rings. The van der Waals surface area contributed by atoms with Gasteiger partial charge in [-0.25, -0.2) is 0 Å². The van der Waals surface area contributed by atoms with Crippen LogP contribution in [0, 0.1) is 5.92 Å². The van der Waals surface area contributed by atoms with Crippen molar-refractivity contribution in [2.75, 3.05) is 34.4 Å². The van der Waals surface area contributed by atoms with E-state index in [1.807, 2.05) is 35.0 Å². The average Bonchev–Trinajstić information content (AvgIpc) is 3.01. The van der Waals surface area contributed by atoms with E-state index < -0.39 is 0 Å². The fraction of sp³-hybridized carbons (Fsp3) is 0.636. The van der Waals surface area contributed by atoms with E-state index in [0.717, 1.165) is 37.7 Å². The standard InChI is InChI=1S/C22H32N2O4S/c1-5-19-21(26)24(13-7-12-23(2)20(25)15-8-6-9-15)22(29-19)16-10-11-17(27-3)18(14-16)28-4/h10-11,14-15,19,22H,5-9,12-13H2,1-4H3. The van der Waals surface area contributed by atoms with E-state index in [1.54, 1.807) is 26.0 Å². The first kappa shape index (κ1) is 21.8. The van der Waals surface area contributed by atoms with E-state index >= 15 is 0 Å². The Balaban J connectivity index is 1.67. The van der Waals surface area contributed by atoms with Gasteiger partial charge in [0.2, 0.25) is 11.8 Å². The number of rotatable bonds is 9. The number of carbonyl (C=O) groups excluding carboxylic acids is 2. The third-order valence-corrected chi connectivity index (χ3v) is 7.57. The summed E-state index contributed by atoms with van der Waals surface area (Å²) in [5.41, 5.74) is 1.04. The minimum atomic E-state index is -0.0418. The second-order valence-electron chi connectivity index (χ2n) is 7.77. The highest BCUT2D eigenvalue weighted by Crippen LogP contribution is 2.45. The zero-order valence-corrected chi connectivity index (χ0v) is 18.7. The first-order valence-corrected chi connectivity index (χ1v) is 11.4. The quantitative estimate of drug-likeness (QED) is 0.610. The van der Waals surface area contributed by atoms with Crippen LogP contribution in [0.1, 0.15) is 50.0 Å². The minimum absolute atomic E-state index is 0.0255. The summed E-state index contributed by atoms with van der Waals surface area (Å²) in [6.45, 7) is 3.37. The molecule has 0 N–H and O–H groups in total. The van der Waals surface area contributed by atoms with Crippen LogP contribution in [0.3, 0.4) is 0 Å². The van der Waals surface area contributed by atoms with Crippen molar-refractivity contribution < 1.29 is 19.1 Å². The lowest BCUT2D eigenvalue weighted by molar-refractivity contribution is -0.136. The van der Waals surface area contributed by atoms with E-state index in [1.165, 1.54) is 0 Å². The Morgan fingerprint density at radius 3 is 2.55 bits per heavy atom. The molecule has 1 heterocycles. The molecule has 1 aliphatic carbocycles. The number of ether oxygens (including phenoxy) is 2. The SMILES string of the molecule is CCC1SC(c2ccc(OC)c(OC)c2)N(CCCN(C)C(=O)C2CCC2)C1=O. The predicted octanol–water partition coefficient (Wildman–Crippen LogP) is 3.71. The lowest BCUT2D eigenvalue weighted by Gasteiger charge is -2.30. The number of hydrogen-bond donors (Lipinski definition) is 0. The first-order valence-electron chi connectivity index (χ1n) is 10.4. The number of carbonyl (C=O) groups is 2. The van der Waals surface area contributed by atoms with Gasteiger partial charge in [-0.05, 0) is 43.4 Å². The van der Waals surface area contributed by atoms with E-state index in [0.29, 0.717) is 24.6 Å². The molecule has 0 spiro atoms. The minimum Gasteiger partial charge on any atom is -0.493 e. The summed E-state index contributed by atoms with van der Waals surface area (Å²) < 4.78 is 10.8. The molecule has 2 amide bonds. The number of benzene rings is 1. The Bertz CT molecular complexity index is 738. The van der Waals surface area contributed by atoms with E-state index in [9.17, 15) is 9.59 Å². The Morgan fingerprint density at radius 1 is 1.24 bits per heavy atom. The lowest BCUT2D eigenvalue weighted by Crippen LogP contribution is -2.38. The largest absolute Gasteiger partial charge is 0.493 e. The molecule has 2 fully saturated rings. The first-order chi connectivity index (χ1) is 14.0. The van der Waals surface area contributed by atoms with Gasteiger partial charge in [0.1, 0.15) is 5.37 Å². The van der Waals surface area contributed by atoms with Gasteiger partial charge in [-0.1, -0.05) is 19.4 Å². The smallest absolute Gasteiger partial charge is 0.236 e. The molecule has 1 aromatic carbocycles. The van der Waals surface area contributed by atoms with Crippen LogP contribution < -0.4 is 9.47 Å². The van der Waals surface area contributed by atoms with Crippen molar-refractivity contribution in [3.05, 3.63) is 23.8 Å². The number of methoxy groups -OCH3 is 2. The monoisotopic (exact) mass is 420 g/mol. The van der Waals surface area contributed by atoms with Crippen molar-refractivity contribution in [2.24, 2.45) is 5.92 Å². The van der Waals surface area contributed by atoms with Gasteiger partial charge in [0.15, 0.2) is 11.5 Å². The van der Waals surface area contributed by atoms with E-state index in [2.05, 4.69) is 6.92 Å². The summed E-state index contributed by atoms with van der Waals surface area (Å²) >= 11 is 1.69. The molecule has 1 saturated carbocycles. The van der Waals surface area contributed by atoms with Crippen molar-refractivity contribution in [1.29, 1.82) is 0 Å². The molecule has 2 unspecified atom stereocenters. The van der Waals surface area contributed by atoms with Crippen molar-refractivity contribution >= 4 is 23.6 Å². The van der Waals surface area contributed by atoms with Gasteiger partial charge in [0, 0.05) is 26.1 Å². The van der Waals surface area contributed by atoms with Gasteiger partial charge in [0.25, 0.3) is 0 Å². The van der Waals surface area contributed by atoms with Gasteiger partial charge in [-0.15, -0.1) is 11.8 Å². The maximum atomic E-state index is 12.9. The summed E-state index contributed by atoms with van der Waals surface area (Å²) in [4.78, 5) is 29.1. The van der Waals surface area contributed by atoms with Gasteiger partial charge < -0.3 is 19.3 Å². The zero-order valence-electron chi connectivity index (χ0n) is 17.8. The van der Waals surface area contributed by atoms with Crippen LogP contribution in [0.5, 0.6) is 11.5 Å². The molecule has 29 heavy (non-hydrogen) atoms. The fourth-order valence-corrected chi connectivity index (χ4v) is 5.32. The normalized spacial score (nSPS) is 21.8. The topological polar surface area (TPSA) is 59.1 Å².